The van der Waals surface area contributed by atoms with Crippen LogP contribution in [0.2, 0.25) is 0 Å². The molecule has 4 heteroatoms. The minimum absolute atomic E-state index is 0.0731. The van der Waals surface area contributed by atoms with Gasteiger partial charge in [-0.25, -0.2) is 9.67 Å². The van der Waals surface area contributed by atoms with E-state index < -0.39 is 0 Å². The van der Waals surface area contributed by atoms with Crippen molar-refractivity contribution in [1.29, 1.82) is 0 Å². The van der Waals surface area contributed by atoms with Crippen LogP contribution in [-0.2, 0) is 12.0 Å². The smallest absolute Gasteiger partial charge is 0.161 e. The fourth-order valence-corrected chi connectivity index (χ4v) is 3.96. The van der Waals surface area contributed by atoms with E-state index in [1.807, 2.05) is 0 Å². The molecule has 1 aromatic heterocycles. The van der Waals surface area contributed by atoms with E-state index in [1.54, 1.807) is 0 Å². The summed E-state index contributed by atoms with van der Waals surface area (Å²) < 4.78 is 2.14. The number of nitrogens with zero attached hydrogens (tertiary/aromatic N) is 4. The predicted octanol–water partition coefficient (Wildman–Crippen LogP) is 3.53. The number of benzene rings is 1. The summed E-state index contributed by atoms with van der Waals surface area (Å²) in [6, 6.07) is 11.2. The van der Waals surface area contributed by atoms with Gasteiger partial charge in [-0.1, -0.05) is 36.8 Å². The Balaban J connectivity index is 1.71. The molecule has 0 bridgehead atoms. The van der Waals surface area contributed by atoms with Crippen molar-refractivity contribution in [3.05, 3.63) is 47.5 Å². The number of likely N-dealkylation sites (tertiary alicyclic amines) is 1. The Labute approximate surface area is 138 Å². The van der Waals surface area contributed by atoms with Crippen molar-refractivity contribution in [2.45, 2.75) is 57.0 Å². The monoisotopic (exact) mass is 310 g/mol. The molecule has 4 nitrogen and oxygen atoms in total. The highest BCUT2D eigenvalue weighted by Crippen LogP contribution is 2.52. The molecule has 1 aromatic carbocycles. The maximum atomic E-state index is 5.08. The molecule has 2 heterocycles. The van der Waals surface area contributed by atoms with Gasteiger partial charge in [0.25, 0.3) is 0 Å². The van der Waals surface area contributed by atoms with E-state index in [9.17, 15) is 0 Å². The van der Waals surface area contributed by atoms with Gasteiger partial charge < -0.3 is 0 Å². The fourth-order valence-electron chi connectivity index (χ4n) is 3.96. The fraction of sp³-hybridized carbons (Fsp3) is 0.579. The highest BCUT2D eigenvalue weighted by molar-refractivity contribution is 5.39. The van der Waals surface area contributed by atoms with Crippen LogP contribution in [0.3, 0.4) is 0 Å². The molecular formula is C19H26N4. The molecule has 1 atom stereocenters. The van der Waals surface area contributed by atoms with Gasteiger partial charge in [0.05, 0.1) is 11.5 Å². The second-order valence-corrected chi connectivity index (χ2v) is 7.05. The van der Waals surface area contributed by atoms with Crippen molar-refractivity contribution in [3.8, 4) is 0 Å². The lowest BCUT2D eigenvalue weighted by Gasteiger charge is -2.31. The molecule has 1 saturated heterocycles. The number of hydrogen-bond donors (Lipinski definition) is 0. The Morgan fingerprint density at radius 2 is 1.96 bits per heavy atom. The standard InChI is InChI=1S/C19H26N4/c1-3-23-17(16-11-7-8-14-22(16)2)20-18(21-23)19(12-13-19)15-9-5-4-6-10-15/h4-6,9-10,16H,3,7-8,11-14H2,1-2H3/t16-/m1/s1. The van der Waals surface area contributed by atoms with Crippen LogP contribution < -0.4 is 0 Å². The molecule has 4 rings (SSSR count). The molecule has 2 fully saturated rings. The highest BCUT2D eigenvalue weighted by atomic mass is 15.4. The molecule has 0 spiro atoms. The van der Waals surface area contributed by atoms with Crippen LogP contribution in [0.4, 0.5) is 0 Å². The largest absolute Gasteiger partial charge is 0.297 e. The number of hydrogen-bond acceptors (Lipinski definition) is 3. The molecule has 0 unspecified atom stereocenters. The predicted molar refractivity (Wildman–Crippen MR) is 91.4 cm³/mol. The van der Waals surface area contributed by atoms with Gasteiger partial charge in [0.2, 0.25) is 0 Å². The molecule has 2 aliphatic rings. The third-order valence-corrected chi connectivity index (χ3v) is 5.57. The molecule has 0 radical (unpaired) electrons. The quantitative estimate of drug-likeness (QED) is 0.866. The summed E-state index contributed by atoms with van der Waals surface area (Å²) >= 11 is 0. The van der Waals surface area contributed by atoms with Gasteiger partial charge >= 0.3 is 0 Å². The van der Waals surface area contributed by atoms with E-state index in [-0.39, 0.29) is 5.41 Å². The minimum Gasteiger partial charge on any atom is -0.297 e. The SMILES string of the molecule is CCn1nc(C2(c3ccccc3)CC2)nc1[C@H]1CCCCN1C. The third-order valence-electron chi connectivity index (χ3n) is 5.57. The molecular weight excluding hydrogens is 284 g/mol. The van der Waals surface area contributed by atoms with Gasteiger partial charge in [-0.3, -0.25) is 4.90 Å². The van der Waals surface area contributed by atoms with Crippen molar-refractivity contribution in [3.63, 3.8) is 0 Å². The van der Waals surface area contributed by atoms with E-state index in [0.717, 1.165) is 12.4 Å². The van der Waals surface area contributed by atoms with Gasteiger partial charge in [0.15, 0.2) is 5.82 Å². The van der Waals surface area contributed by atoms with Crippen LogP contribution in [0.5, 0.6) is 0 Å². The van der Waals surface area contributed by atoms with Gasteiger partial charge in [0, 0.05) is 6.54 Å². The van der Waals surface area contributed by atoms with E-state index >= 15 is 0 Å². The number of aryl methyl sites for hydroxylation is 1. The molecule has 122 valence electrons. The van der Waals surface area contributed by atoms with Crippen molar-refractivity contribution in [1.82, 2.24) is 19.7 Å². The first kappa shape index (κ1) is 14.9. The third kappa shape index (κ3) is 2.49. The lowest BCUT2D eigenvalue weighted by Crippen LogP contribution is -2.31. The van der Waals surface area contributed by atoms with Gasteiger partial charge in [-0.2, -0.15) is 5.10 Å². The number of piperidine rings is 1. The second-order valence-electron chi connectivity index (χ2n) is 7.05. The summed E-state index contributed by atoms with van der Waals surface area (Å²) in [4.78, 5) is 7.53. The molecule has 2 aromatic rings. The minimum atomic E-state index is 0.0731. The molecule has 1 aliphatic heterocycles. The maximum Gasteiger partial charge on any atom is 0.161 e. The lowest BCUT2D eigenvalue weighted by molar-refractivity contribution is 0.174. The molecule has 0 N–H and O–H groups in total. The average Bonchev–Trinajstić information content (AvgIpc) is 3.30. The van der Waals surface area contributed by atoms with Crippen molar-refractivity contribution in [2.24, 2.45) is 0 Å². The second kappa shape index (κ2) is 5.75. The first-order valence-electron chi connectivity index (χ1n) is 8.95. The zero-order valence-corrected chi connectivity index (χ0v) is 14.2. The van der Waals surface area contributed by atoms with Gasteiger partial charge in [0.1, 0.15) is 5.82 Å². The Hall–Kier alpha value is -1.68. The summed E-state index contributed by atoms with van der Waals surface area (Å²) in [5, 5.41) is 4.93. The van der Waals surface area contributed by atoms with Crippen molar-refractivity contribution in [2.75, 3.05) is 13.6 Å². The first-order chi connectivity index (χ1) is 11.2. The van der Waals surface area contributed by atoms with Crippen LogP contribution in [0.1, 0.15) is 62.3 Å². The lowest BCUT2D eigenvalue weighted by atomic mass is 9.95. The number of aromatic nitrogens is 3. The highest BCUT2D eigenvalue weighted by Gasteiger charge is 2.50. The van der Waals surface area contributed by atoms with E-state index in [1.165, 1.54) is 50.0 Å². The molecule has 1 saturated carbocycles. The summed E-state index contributed by atoms with van der Waals surface area (Å²) in [6.07, 6.45) is 6.14. The summed E-state index contributed by atoms with van der Waals surface area (Å²) in [5.74, 6) is 2.21. The molecule has 1 aliphatic carbocycles. The van der Waals surface area contributed by atoms with E-state index in [2.05, 4.69) is 53.9 Å². The van der Waals surface area contributed by atoms with Crippen LogP contribution >= 0.6 is 0 Å². The topological polar surface area (TPSA) is 34.0 Å². The number of rotatable bonds is 4. The van der Waals surface area contributed by atoms with Gasteiger partial charge in [-0.15, -0.1) is 0 Å². The van der Waals surface area contributed by atoms with E-state index in [0.29, 0.717) is 6.04 Å². The Bertz CT molecular complexity index is 672. The summed E-state index contributed by atoms with van der Waals surface area (Å²) in [7, 11) is 2.22. The Morgan fingerprint density at radius 1 is 1.17 bits per heavy atom. The van der Waals surface area contributed by atoms with Gasteiger partial charge in [-0.05, 0) is 51.8 Å². The average molecular weight is 310 g/mol. The Morgan fingerprint density at radius 3 is 2.61 bits per heavy atom. The summed E-state index contributed by atoms with van der Waals surface area (Å²) in [6.45, 7) is 4.24. The van der Waals surface area contributed by atoms with Crippen LogP contribution in [0.25, 0.3) is 0 Å². The normalized spacial score (nSPS) is 23.8. The summed E-state index contributed by atoms with van der Waals surface area (Å²) in [5.41, 5.74) is 1.45. The first-order valence-corrected chi connectivity index (χ1v) is 8.95. The van der Waals surface area contributed by atoms with Crippen LogP contribution in [-0.4, -0.2) is 33.3 Å². The van der Waals surface area contributed by atoms with Crippen LogP contribution in [0.15, 0.2) is 30.3 Å². The maximum absolute atomic E-state index is 5.08. The zero-order chi connectivity index (χ0) is 15.9. The van der Waals surface area contributed by atoms with Crippen molar-refractivity contribution >= 4 is 0 Å². The van der Waals surface area contributed by atoms with E-state index in [4.69, 9.17) is 10.1 Å². The Kier molecular flexibility index (Phi) is 3.72. The zero-order valence-electron chi connectivity index (χ0n) is 14.2. The molecule has 0 amide bonds. The van der Waals surface area contributed by atoms with Crippen LogP contribution in [0, 0.1) is 0 Å². The molecule has 23 heavy (non-hydrogen) atoms. The van der Waals surface area contributed by atoms with Crippen molar-refractivity contribution < 1.29 is 0 Å².